The van der Waals surface area contributed by atoms with Gasteiger partial charge in [-0.2, -0.15) is 0 Å². The lowest BCUT2D eigenvalue weighted by Crippen LogP contribution is -2.23. The zero-order chi connectivity index (χ0) is 25.1. The van der Waals surface area contributed by atoms with E-state index in [0.29, 0.717) is 16.2 Å². The Hall–Kier alpha value is -4.03. The van der Waals surface area contributed by atoms with Gasteiger partial charge in [0.2, 0.25) is 12.7 Å². The number of hydrogen-bond acceptors (Lipinski definition) is 5. The van der Waals surface area contributed by atoms with E-state index in [9.17, 15) is 9.36 Å². The summed E-state index contributed by atoms with van der Waals surface area (Å²) in [6, 6.07) is 21.9. The predicted molar refractivity (Wildman–Crippen MR) is 132 cm³/mol. The molecule has 0 fully saturated rings. The number of nitrogens with zero attached hydrogens (tertiary/aromatic N) is 2. The normalized spacial score (nSPS) is 10.2. The summed E-state index contributed by atoms with van der Waals surface area (Å²) in [6.07, 6.45) is 5.08. The molecule has 1 heterocycles. The molecule has 9 heteroatoms. The largest absolute Gasteiger partial charge is 0.351 e. The summed E-state index contributed by atoms with van der Waals surface area (Å²) in [5.74, 6) is 0. The van der Waals surface area contributed by atoms with E-state index in [1.54, 1.807) is 49.1 Å². The van der Waals surface area contributed by atoms with Crippen molar-refractivity contribution in [3.05, 3.63) is 124 Å². The fourth-order valence-electron chi connectivity index (χ4n) is 3.23. The number of benzene rings is 3. The summed E-state index contributed by atoms with van der Waals surface area (Å²) in [7, 11) is -3.44. The maximum absolute atomic E-state index is 14.1. The first-order chi connectivity index (χ1) is 16.2. The molecule has 2 N–H and O–H groups in total. The first-order valence-corrected chi connectivity index (χ1v) is 12.0. The number of aryl methyl sites for hydroxylation is 1. The van der Waals surface area contributed by atoms with Gasteiger partial charge in [-0.3, -0.25) is 4.79 Å². The number of aromatic amines is 1. The highest BCUT2D eigenvalue weighted by Gasteiger charge is 2.37. The van der Waals surface area contributed by atoms with Crippen molar-refractivity contribution >= 4 is 23.3 Å². The van der Waals surface area contributed by atoms with Crippen LogP contribution in [0, 0.1) is 30.9 Å². The van der Waals surface area contributed by atoms with Crippen molar-refractivity contribution in [2.75, 3.05) is 0 Å². The van der Waals surface area contributed by atoms with Gasteiger partial charge in [-0.15, -0.1) is 10.1 Å². The first-order valence-electron chi connectivity index (χ1n) is 10.3. The number of carbonyl (C=O) groups excluding carboxylic acids is 1. The van der Waals surface area contributed by atoms with Crippen LogP contribution >= 0.6 is 7.14 Å². The second-order valence-corrected chi connectivity index (χ2v) is 9.92. The molecule has 4 rings (SSSR count). The number of imidazole rings is 1. The van der Waals surface area contributed by atoms with Crippen LogP contribution in [-0.2, 0) is 4.57 Å². The summed E-state index contributed by atoms with van der Waals surface area (Å²) in [4.78, 5) is 28.3. The van der Waals surface area contributed by atoms with E-state index >= 15 is 0 Å². The van der Waals surface area contributed by atoms with E-state index < -0.39 is 12.2 Å². The van der Waals surface area contributed by atoms with Crippen molar-refractivity contribution < 1.29 is 19.7 Å². The van der Waals surface area contributed by atoms with E-state index in [-0.39, 0.29) is 5.52 Å². The molecule has 0 spiro atoms. The quantitative estimate of drug-likeness (QED) is 0.245. The van der Waals surface area contributed by atoms with Gasteiger partial charge in [0, 0.05) is 28.6 Å². The maximum atomic E-state index is 14.1. The van der Waals surface area contributed by atoms with Gasteiger partial charge in [0.25, 0.3) is 5.09 Å². The molecule has 176 valence electrons. The summed E-state index contributed by atoms with van der Waals surface area (Å²) >= 11 is 0. The van der Waals surface area contributed by atoms with Crippen molar-refractivity contribution in [2.24, 2.45) is 0 Å². The van der Waals surface area contributed by atoms with Gasteiger partial charge >= 0.3 is 0 Å². The molecule has 34 heavy (non-hydrogen) atoms. The Balaban J connectivity index is 0.000000382. The third kappa shape index (κ3) is 6.49. The Kier molecular flexibility index (Phi) is 9.47. The summed E-state index contributed by atoms with van der Waals surface area (Å²) < 4.78 is 14.1. The van der Waals surface area contributed by atoms with Crippen molar-refractivity contribution in [3.8, 4) is 0 Å². The zero-order valence-corrected chi connectivity index (χ0v) is 20.0. The maximum Gasteiger partial charge on any atom is 0.291 e. The monoisotopic (exact) mass is 479 g/mol. The van der Waals surface area contributed by atoms with Crippen LogP contribution < -0.4 is 10.6 Å². The van der Waals surface area contributed by atoms with Gasteiger partial charge in [0.15, 0.2) is 0 Å². The van der Waals surface area contributed by atoms with Gasteiger partial charge in [-0.1, -0.05) is 72.8 Å². The SMILES string of the molecule is Cc1ccc(C(=O)P(=O)(c2ccccc2)c2ccccc2)c(C)c1C.O=[N+]([O-])O.c1c[nH]cn1. The topological polar surface area (TPSA) is 126 Å². The molecule has 0 amide bonds. The molecule has 0 radical (unpaired) electrons. The molecular formula is C25H26N3O5P. The summed E-state index contributed by atoms with van der Waals surface area (Å²) in [6.45, 7) is 5.94. The standard InChI is InChI=1S/C22H21O2P.C3H4N2.HNO3/c1-16-14-15-21(18(3)17(16)2)22(23)25(24,19-10-6-4-7-11-19)20-12-8-5-9-13-20;1-2-5-3-4-1;2-1(3)4/h4-15H,1-3H3;1-3H,(H,4,5);(H,2,3,4). The van der Waals surface area contributed by atoms with Crippen molar-refractivity contribution in [1.29, 1.82) is 0 Å². The van der Waals surface area contributed by atoms with Crippen LogP contribution in [-0.4, -0.2) is 25.8 Å². The molecule has 0 aliphatic rings. The molecule has 0 saturated carbocycles. The molecule has 1 aromatic heterocycles. The molecule has 0 bridgehead atoms. The highest BCUT2D eigenvalue weighted by molar-refractivity contribution is 7.93. The van der Waals surface area contributed by atoms with E-state index in [2.05, 4.69) is 9.97 Å². The number of H-pyrrole nitrogens is 1. The number of nitrogens with one attached hydrogen (secondary N) is 1. The smallest absolute Gasteiger partial charge is 0.291 e. The number of carbonyl (C=O) groups is 1. The van der Waals surface area contributed by atoms with E-state index in [4.69, 9.17) is 15.3 Å². The Morgan fingerprint density at radius 2 is 1.41 bits per heavy atom. The van der Waals surface area contributed by atoms with Crippen LogP contribution in [0.5, 0.6) is 0 Å². The highest BCUT2D eigenvalue weighted by atomic mass is 31.2. The minimum Gasteiger partial charge on any atom is -0.351 e. The minimum absolute atomic E-state index is 0.300. The van der Waals surface area contributed by atoms with Crippen molar-refractivity contribution in [2.45, 2.75) is 20.8 Å². The third-order valence-electron chi connectivity index (χ3n) is 5.22. The van der Waals surface area contributed by atoms with Gasteiger partial charge in [0.1, 0.15) is 0 Å². The second kappa shape index (κ2) is 12.3. The average molecular weight is 479 g/mol. The molecular weight excluding hydrogens is 453 g/mol. The Labute approximate surface area is 197 Å². The summed E-state index contributed by atoms with van der Waals surface area (Å²) in [5.41, 5.74) is 3.34. The predicted octanol–water partition coefficient (Wildman–Crippen LogP) is 4.83. The van der Waals surface area contributed by atoms with Crippen LogP contribution in [0.4, 0.5) is 0 Å². The average Bonchev–Trinajstić information content (AvgIpc) is 3.43. The van der Waals surface area contributed by atoms with E-state index in [1.807, 2.05) is 63.2 Å². The third-order valence-corrected chi connectivity index (χ3v) is 8.08. The fraction of sp³-hybridized carbons (Fsp3) is 0.120. The van der Waals surface area contributed by atoms with Crippen LogP contribution in [0.3, 0.4) is 0 Å². The van der Waals surface area contributed by atoms with Gasteiger partial charge in [-0.05, 0) is 37.5 Å². The summed E-state index contributed by atoms with van der Waals surface area (Å²) in [5, 5.41) is 14.8. The Morgan fingerprint density at radius 3 is 1.79 bits per heavy atom. The van der Waals surface area contributed by atoms with Crippen LogP contribution in [0.2, 0.25) is 0 Å². The van der Waals surface area contributed by atoms with Crippen LogP contribution in [0.25, 0.3) is 0 Å². The zero-order valence-electron chi connectivity index (χ0n) is 19.1. The number of hydrogen-bond donors (Lipinski definition) is 2. The highest BCUT2D eigenvalue weighted by Crippen LogP contribution is 2.47. The first kappa shape index (κ1) is 26.2. The molecule has 0 saturated heterocycles. The molecule has 0 aliphatic carbocycles. The number of aromatic nitrogens is 2. The van der Waals surface area contributed by atoms with Gasteiger partial charge < -0.3 is 14.8 Å². The number of rotatable bonds is 4. The Bertz CT molecular complexity index is 1200. The van der Waals surface area contributed by atoms with Crippen molar-refractivity contribution in [1.82, 2.24) is 9.97 Å². The van der Waals surface area contributed by atoms with Crippen LogP contribution in [0.15, 0.2) is 91.5 Å². The van der Waals surface area contributed by atoms with E-state index in [0.717, 1.165) is 16.7 Å². The molecule has 0 atom stereocenters. The lowest BCUT2D eigenvalue weighted by atomic mass is 10.00. The molecule has 3 aromatic carbocycles. The van der Waals surface area contributed by atoms with Crippen molar-refractivity contribution in [3.63, 3.8) is 0 Å². The minimum atomic E-state index is -3.44. The molecule has 8 nitrogen and oxygen atoms in total. The van der Waals surface area contributed by atoms with Gasteiger partial charge in [0.05, 0.1) is 6.33 Å². The lowest BCUT2D eigenvalue weighted by molar-refractivity contribution is -0.742. The lowest BCUT2D eigenvalue weighted by Gasteiger charge is -2.20. The Morgan fingerprint density at radius 1 is 0.912 bits per heavy atom. The van der Waals surface area contributed by atoms with Crippen LogP contribution in [0.1, 0.15) is 27.0 Å². The molecule has 0 aliphatic heterocycles. The van der Waals surface area contributed by atoms with E-state index in [1.165, 1.54) is 0 Å². The molecule has 4 aromatic rings. The van der Waals surface area contributed by atoms with Gasteiger partial charge in [-0.25, -0.2) is 4.98 Å². The fourth-order valence-corrected chi connectivity index (χ4v) is 5.76. The second-order valence-electron chi connectivity index (χ2n) is 7.26. The molecule has 0 unspecified atom stereocenters.